The summed E-state index contributed by atoms with van der Waals surface area (Å²) in [5.41, 5.74) is 0.890. The second kappa shape index (κ2) is 6.14. The molecule has 1 unspecified atom stereocenters. The van der Waals surface area contributed by atoms with E-state index in [9.17, 15) is 5.11 Å². The van der Waals surface area contributed by atoms with Crippen molar-refractivity contribution >= 4 is 10.8 Å². The molecule has 1 aliphatic rings. The van der Waals surface area contributed by atoms with Gasteiger partial charge in [-0.1, -0.05) is 36.4 Å². The monoisotopic (exact) mass is 284 g/mol. The molecule has 3 heteroatoms. The van der Waals surface area contributed by atoms with E-state index < -0.39 is 0 Å². The molecule has 0 radical (unpaired) electrons. The van der Waals surface area contributed by atoms with Crippen molar-refractivity contribution < 1.29 is 5.11 Å². The van der Waals surface area contributed by atoms with Crippen LogP contribution in [0, 0.1) is 0 Å². The van der Waals surface area contributed by atoms with Crippen LogP contribution in [0.5, 0.6) is 0 Å². The molecular formula is C18H24N2O. The molecular weight excluding hydrogens is 260 g/mol. The lowest BCUT2D eigenvalue weighted by Gasteiger charge is -2.40. The van der Waals surface area contributed by atoms with Gasteiger partial charge in [-0.05, 0) is 42.3 Å². The van der Waals surface area contributed by atoms with Crippen LogP contribution in [0.1, 0.15) is 18.9 Å². The Morgan fingerprint density at radius 3 is 2.71 bits per heavy atom. The summed E-state index contributed by atoms with van der Waals surface area (Å²) in [5.74, 6) is 0. The Morgan fingerprint density at radius 1 is 1.10 bits per heavy atom. The highest BCUT2D eigenvalue weighted by molar-refractivity contribution is 5.83. The van der Waals surface area contributed by atoms with Crippen molar-refractivity contribution in [2.45, 2.75) is 18.9 Å². The number of fused-ring (bicyclic) bond motifs is 1. The van der Waals surface area contributed by atoms with Crippen molar-refractivity contribution in [3.8, 4) is 0 Å². The molecule has 2 aromatic rings. The number of rotatable bonds is 3. The average Bonchev–Trinajstić information content (AvgIpc) is 2.83. The molecule has 0 bridgehead atoms. The third kappa shape index (κ3) is 2.82. The lowest BCUT2D eigenvalue weighted by atomic mass is 9.89. The Balaban J connectivity index is 1.98. The van der Waals surface area contributed by atoms with E-state index >= 15 is 0 Å². The van der Waals surface area contributed by atoms with Gasteiger partial charge in [0.1, 0.15) is 0 Å². The molecule has 2 N–H and O–H groups in total. The highest BCUT2D eigenvalue weighted by Gasteiger charge is 2.33. The molecule has 0 aromatic heterocycles. The van der Waals surface area contributed by atoms with E-state index in [-0.39, 0.29) is 12.1 Å². The molecule has 1 saturated heterocycles. The summed E-state index contributed by atoms with van der Waals surface area (Å²) < 4.78 is 0. The molecule has 112 valence electrons. The second-order valence-corrected chi connectivity index (χ2v) is 6.08. The summed E-state index contributed by atoms with van der Waals surface area (Å²) in [6.07, 6.45) is 1.13. The molecule has 1 heterocycles. The molecule has 0 saturated carbocycles. The maximum atomic E-state index is 10.1. The van der Waals surface area contributed by atoms with Gasteiger partial charge in [0, 0.05) is 19.6 Å². The molecule has 3 rings (SSSR count). The summed E-state index contributed by atoms with van der Waals surface area (Å²) in [6, 6.07) is 15.0. The lowest BCUT2D eigenvalue weighted by Crippen LogP contribution is -2.48. The predicted octanol–water partition coefficient (Wildman–Crippen LogP) is 2.34. The molecule has 1 aliphatic heterocycles. The zero-order valence-corrected chi connectivity index (χ0v) is 12.7. The van der Waals surface area contributed by atoms with Crippen LogP contribution in [0.25, 0.3) is 10.8 Å². The highest BCUT2D eigenvalue weighted by atomic mass is 16.3. The van der Waals surface area contributed by atoms with Gasteiger partial charge in [0.2, 0.25) is 0 Å². The third-order valence-corrected chi connectivity index (χ3v) is 4.72. The minimum atomic E-state index is -0.309. The molecule has 1 fully saturated rings. The SMILES string of the molecule is CC(CO)(c1ccc2ccccc2c1)N1CCCNCC1. The Bertz CT molecular complexity index is 605. The number of nitrogens with zero attached hydrogens (tertiary/aromatic N) is 1. The van der Waals surface area contributed by atoms with Gasteiger partial charge in [-0.3, -0.25) is 4.90 Å². The first-order valence-corrected chi connectivity index (χ1v) is 7.80. The first-order valence-electron chi connectivity index (χ1n) is 7.80. The van der Waals surface area contributed by atoms with Gasteiger partial charge in [0.05, 0.1) is 12.1 Å². The lowest BCUT2D eigenvalue weighted by molar-refractivity contribution is 0.0454. The fourth-order valence-electron chi connectivity index (χ4n) is 3.24. The topological polar surface area (TPSA) is 35.5 Å². The van der Waals surface area contributed by atoms with Crippen LogP contribution in [-0.2, 0) is 5.54 Å². The average molecular weight is 284 g/mol. The van der Waals surface area contributed by atoms with E-state index in [0.717, 1.165) is 32.6 Å². The van der Waals surface area contributed by atoms with Crippen LogP contribution < -0.4 is 5.32 Å². The van der Waals surface area contributed by atoms with Crippen molar-refractivity contribution in [1.82, 2.24) is 10.2 Å². The van der Waals surface area contributed by atoms with Crippen molar-refractivity contribution in [2.75, 3.05) is 32.8 Å². The number of aliphatic hydroxyl groups excluding tert-OH is 1. The zero-order chi connectivity index (χ0) is 14.7. The number of aliphatic hydroxyl groups is 1. The molecule has 0 aliphatic carbocycles. The summed E-state index contributed by atoms with van der Waals surface area (Å²) >= 11 is 0. The van der Waals surface area contributed by atoms with Crippen molar-refractivity contribution in [3.05, 3.63) is 48.0 Å². The minimum Gasteiger partial charge on any atom is -0.394 e. The predicted molar refractivity (Wildman–Crippen MR) is 87.4 cm³/mol. The Labute approximate surface area is 126 Å². The molecule has 21 heavy (non-hydrogen) atoms. The standard InChI is InChI=1S/C18H24N2O/c1-18(14-21,20-11-4-9-19-10-12-20)17-8-7-15-5-2-3-6-16(15)13-17/h2-3,5-8,13,19,21H,4,9-12,14H2,1H3. The van der Waals surface area contributed by atoms with Crippen LogP contribution >= 0.6 is 0 Å². The summed E-state index contributed by atoms with van der Waals surface area (Å²) in [7, 11) is 0. The van der Waals surface area contributed by atoms with Crippen molar-refractivity contribution in [3.63, 3.8) is 0 Å². The first kappa shape index (κ1) is 14.5. The van der Waals surface area contributed by atoms with E-state index in [1.54, 1.807) is 0 Å². The quantitative estimate of drug-likeness (QED) is 0.908. The molecule has 1 atom stereocenters. The Kier molecular flexibility index (Phi) is 4.24. The van der Waals surface area contributed by atoms with Gasteiger partial charge in [-0.2, -0.15) is 0 Å². The highest BCUT2D eigenvalue weighted by Crippen LogP contribution is 2.30. The molecule has 0 amide bonds. The van der Waals surface area contributed by atoms with Crippen LogP contribution in [0.3, 0.4) is 0 Å². The van der Waals surface area contributed by atoms with Gasteiger partial charge in [-0.25, -0.2) is 0 Å². The maximum Gasteiger partial charge on any atom is 0.0666 e. The minimum absolute atomic E-state index is 0.144. The van der Waals surface area contributed by atoms with Gasteiger partial charge < -0.3 is 10.4 Å². The van der Waals surface area contributed by atoms with Gasteiger partial charge >= 0.3 is 0 Å². The van der Waals surface area contributed by atoms with E-state index in [2.05, 4.69) is 59.6 Å². The van der Waals surface area contributed by atoms with Crippen molar-refractivity contribution in [2.24, 2.45) is 0 Å². The van der Waals surface area contributed by atoms with E-state index in [4.69, 9.17) is 0 Å². The van der Waals surface area contributed by atoms with Crippen molar-refractivity contribution in [1.29, 1.82) is 0 Å². The van der Waals surface area contributed by atoms with Crippen LogP contribution in [0.2, 0.25) is 0 Å². The summed E-state index contributed by atoms with van der Waals surface area (Å²) in [6.45, 7) is 6.35. The summed E-state index contributed by atoms with van der Waals surface area (Å²) in [5, 5.41) is 16.0. The normalized spacial score (nSPS) is 20.1. The Hall–Kier alpha value is -1.42. The fourth-order valence-corrected chi connectivity index (χ4v) is 3.24. The van der Waals surface area contributed by atoms with Gasteiger partial charge in [0.25, 0.3) is 0 Å². The van der Waals surface area contributed by atoms with Crippen LogP contribution in [-0.4, -0.2) is 42.8 Å². The Morgan fingerprint density at radius 2 is 1.90 bits per heavy atom. The molecule has 0 spiro atoms. The largest absolute Gasteiger partial charge is 0.394 e. The molecule has 2 aromatic carbocycles. The second-order valence-electron chi connectivity index (χ2n) is 6.08. The fraction of sp³-hybridized carbons (Fsp3) is 0.444. The number of hydrogen-bond donors (Lipinski definition) is 2. The first-order chi connectivity index (χ1) is 10.2. The smallest absolute Gasteiger partial charge is 0.0666 e. The summed E-state index contributed by atoms with van der Waals surface area (Å²) in [4.78, 5) is 2.41. The van der Waals surface area contributed by atoms with E-state index in [1.807, 2.05) is 0 Å². The maximum absolute atomic E-state index is 10.1. The van der Waals surface area contributed by atoms with Crippen LogP contribution in [0.4, 0.5) is 0 Å². The van der Waals surface area contributed by atoms with E-state index in [1.165, 1.54) is 16.3 Å². The molecule has 3 nitrogen and oxygen atoms in total. The van der Waals surface area contributed by atoms with Crippen LogP contribution in [0.15, 0.2) is 42.5 Å². The van der Waals surface area contributed by atoms with Gasteiger partial charge in [0.15, 0.2) is 0 Å². The third-order valence-electron chi connectivity index (χ3n) is 4.72. The van der Waals surface area contributed by atoms with E-state index in [0.29, 0.717) is 0 Å². The zero-order valence-electron chi connectivity index (χ0n) is 12.7. The number of benzene rings is 2. The number of nitrogens with one attached hydrogen (secondary N) is 1. The number of hydrogen-bond acceptors (Lipinski definition) is 3. The van der Waals surface area contributed by atoms with Gasteiger partial charge in [-0.15, -0.1) is 0 Å².